The summed E-state index contributed by atoms with van der Waals surface area (Å²) in [6.07, 6.45) is 4.75. The van der Waals surface area contributed by atoms with Crippen LogP contribution in [-0.2, 0) is 4.79 Å². The Morgan fingerprint density at radius 2 is 1.89 bits per heavy atom. The largest absolute Gasteiger partial charge is 0.492 e. The average Bonchev–Trinajstić information content (AvgIpc) is 2.82. The average molecular weight is 517 g/mol. The number of carbonyl (C=O) groups is 2. The normalized spacial score (nSPS) is 11.3. The van der Waals surface area contributed by atoms with Crippen molar-refractivity contribution in [3.8, 4) is 5.75 Å². The summed E-state index contributed by atoms with van der Waals surface area (Å²) >= 11 is 6.30. The Bertz CT molecular complexity index is 961. The van der Waals surface area contributed by atoms with Crippen LogP contribution in [0.5, 0.6) is 5.75 Å². The molecule has 1 aromatic heterocycles. The molecule has 0 aliphatic rings. The number of aromatic nitrogens is 1. The van der Waals surface area contributed by atoms with E-state index in [2.05, 4.69) is 36.4 Å². The van der Waals surface area contributed by atoms with Gasteiger partial charge in [-0.2, -0.15) is 0 Å². The summed E-state index contributed by atoms with van der Waals surface area (Å²) in [5.41, 5.74) is 0.584. The molecule has 7 nitrogen and oxygen atoms in total. The zero-order valence-corrected chi connectivity index (χ0v) is 23.0. The molecule has 0 atom stereocenters. The van der Waals surface area contributed by atoms with E-state index in [1.54, 1.807) is 24.4 Å². The lowest BCUT2D eigenvalue weighted by Crippen LogP contribution is -2.37. The Labute approximate surface area is 221 Å². The van der Waals surface area contributed by atoms with E-state index < -0.39 is 0 Å². The number of rotatable bonds is 14. The van der Waals surface area contributed by atoms with Crippen molar-refractivity contribution in [3.63, 3.8) is 0 Å². The van der Waals surface area contributed by atoms with Crippen molar-refractivity contribution in [1.29, 1.82) is 0 Å². The van der Waals surface area contributed by atoms with Crippen LogP contribution in [0.1, 0.15) is 70.7 Å². The second-order valence-electron chi connectivity index (χ2n) is 10.4. The number of ether oxygens (including phenoxy) is 1. The van der Waals surface area contributed by atoms with Gasteiger partial charge in [0, 0.05) is 42.3 Å². The van der Waals surface area contributed by atoms with Gasteiger partial charge in [0.1, 0.15) is 18.2 Å². The first-order chi connectivity index (χ1) is 17.0. The molecule has 0 saturated carbocycles. The number of carbonyl (C=O) groups excluding carboxylic acids is 2. The highest BCUT2D eigenvalue weighted by Crippen LogP contribution is 2.23. The first kappa shape index (κ1) is 29.4. The molecular formula is C28H41ClN4O3. The van der Waals surface area contributed by atoms with E-state index in [-0.39, 0.29) is 23.3 Å². The summed E-state index contributed by atoms with van der Waals surface area (Å²) in [7, 11) is 0. The predicted octanol–water partition coefficient (Wildman–Crippen LogP) is 5.80. The molecule has 2 rings (SSSR count). The van der Waals surface area contributed by atoms with Gasteiger partial charge in [0.15, 0.2) is 0 Å². The minimum absolute atomic E-state index is 0.0403. The quantitative estimate of drug-likeness (QED) is 0.310. The molecule has 36 heavy (non-hydrogen) atoms. The van der Waals surface area contributed by atoms with Gasteiger partial charge in [-0.25, -0.2) is 4.98 Å². The molecule has 8 heteroatoms. The van der Waals surface area contributed by atoms with Gasteiger partial charge in [-0.1, -0.05) is 44.9 Å². The third-order valence-corrected chi connectivity index (χ3v) is 5.68. The van der Waals surface area contributed by atoms with Gasteiger partial charge in [0.2, 0.25) is 5.91 Å². The standard InChI is InChI=1S/C28H41ClN4O3/c1-21(2)33(15-10-6-7-12-26(34)32-20-28(3,4)5)27(35)22-17-23(29)19-24(18-22)36-16-14-31-25-11-8-9-13-30-25/h8-9,11,13,17-19,21H,6-7,10,12,14-16,20H2,1-5H3,(H,30,31)(H,32,34). The van der Waals surface area contributed by atoms with Crippen LogP contribution < -0.4 is 15.4 Å². The van der Waals surface area contributed by atoms with Crippen molar-refractivity contribution in [3.05, 3.63) is 53.2 Å². The molecule has 0 spiro atoms. The molecule has 0 radical (unpaired) electrons. The monoisotopic (exact) mass is 516 g/mol. The van der Waals surface area contributed by atoms with E-state index in [1.807, 2.05) is 36.9 Å². The van der Waals surface area contributed by atoms with Gasteiger partial charge >= 0.3 is 0 Å². The van der Waals surface area contributed by atoms with E-state index in [1.165, 1.54) is 0 Å². The number of nitrogens with one attached hydrogen (secondary N) is 2. The number of anilines is 1. The molecule has 2 N–H and O–H groups in total. The highest BCUT2D eigenvalue weighted by atomic mass is 35.5. The Balaban J connectivity index is 1.83. The Morgan fingerprint density at radius 3 is 2.56 bits per heavy atom. The number of unbranched alkanes of at least 4 members (excludes halogenated alkanes) is 2. The second kappa shape index (κ2) is 14.7. The topological polar surface area (TPSA) is 83.6 Å². The maximum Gasteiger partial charge on any atom is 0.254 e. The fourth-order valence-corrected chi connectivity index (χ4v) is 3.77. The van der Waals surface area contributed by atoms with Crippen LogP contribution in [0.15, 0.2) is 42.6 Å². The van der Waals surface area contributed by atoms with Crippen molar-refractivity contribution < 1.29 is 14.3 Å². The second-order valence-corrected chi connectivity index (χ2v) is 10.8. The van der Waals surface area contributed by atoms with Crippen LogP contribution in [0.4, 0.5) is 5.82 Å². The lowest BCUT2D eigenvalue weighted by atomic mass is 9.97. The fraction of sp³-hybridized carbons (Fsp3) is 0.536. The Hall–Kier alpha value is -2.80. The number of halogens is 1. The first-order valence-electron chi connectivity index (χ1n) is 12.7. The minimum atomic E-state index is -0.0770. The summed E-state index contributed by atoms with van der Waals surface area (Å²) in [6, 6.07) is 10.8. The van der Waals surface area contributed by atoms with Gasteiger partial charge in [0.05, 0.1) is 6.54 Å². The SMILES string of the molecule is CC(C)N(CCCCCC(=O)NCC(C)(C)C)C(=O)c1cc(Cl)cc(OCCNc2ccccn2)c1. The molecule has 0 aliphatic heterocycles. The summed E-state index contributed by atoms with van der Waals surface area (Å²) in [5, 5.41) is 6.62. The highest BCUT2D eigenvalue weighted by molar-refractivity contribution is 6.31. The Morgan fingerprint density at radius 1 is 1.11 bits per heavy atom. The molecule has 0 fully saturated rings. The van der Waals surface area contributed by atoms with Gasteiger partial charge in [-0.3, -0.25) is 9.59 Å². The minimum Gasteiger partial charge on any atom is -0.492 e. The third kappa shape index (κ3) is 11.3. The summed E-state index contributed by atoms with van der Waals surface area (Å²) in [6.45, 7) is 12.6. The molecule has 0 aliphatic carbocycles. The smallest absolute Gasteiger partial charge is 0.254 e. The molecule has 0 saturated heterocycles. The van der Waals surface area contributed by atoms with E-state index >= 15 is 0 Å². The summed E-state index contributed by atoms with van der Waals surface area (Å²) in [4.78, 5) is 31.4. The Kier molecular flexibility index (Phi) is 12.0. The number of pyridine rings is 1. The number of benzene rings is 1. The zero-order valence-electron chi connectivity index (χ0n) is 22.3. The number of hydrogen-bond acceptors (Lipinski definition) is 5. The van der Waals surface area contributed by atoms with Crippen LogP contribution in [0.3, 0.4) is 0 Å². The molecule has 0 bridgehead atoms. The molecule has 1 aromatic carbocycles. The van der Waals surface area contributed by atoms with Crippen LogP contribution in [0.25, 0.3) is 0 Å². The molecule has 1 heterocycles. The zero-order chi connectivity index (χ0) is 26.6. The van der Waals surface area contributed by atoms with Gasteiger partial charge in [-0.15, -0.1) is 0 Å². The van der Waals surface area contributed by atoms with Gasteiger partial charge in [0.25, 0.3) is 5.91 Å². The molecular weight excluding hydrogens is 476 g/mol. The van der Waals surface area contributed by atoms with E-state index in [4.69, 9.17) is 16.3 Å². The van der Waals surface area contributed by atoms with Crippen molar-refractivity contribution >= 4 is 29.2 Å². The van der Waals surface area contributed by atoms with Crippen LogP contribution in [0, 0.1) is 5.41 Å². The molecule has 0 unspecified atom stereocenters. The van der Waals surface area contributed by atoms with E-state index in [9.17, 15) is 9.59 Å². The molecule has 2 amide bonds. The lowest BCUT2D eigenvalue weighted by molar-refractivity contribution is -0.121. The number of hydrogen-bond donors (Lipinski definition) is 2. The third-order valence-electron chi connectivity index (χ3n) is 5.46. The van der Waals surface area contributed by atoms with E-state index in [0.29, 0.717) is 49.0 Å². The van der Waals surface area contributed by atoms with Crippen molar-refractivity contribution in [2.75, 3.05) is 31.6 Å². The predicted molar refractivity (Wildman–Crippen MR) is 147 cm³/mol. The van der Waals surface area contributed by atoms with Crippen molar-refractivity contribution in [2.24, 2.45) is 5.41 Å². The van der Waals surface area contributed by atoms with Crippen molar-refractivity contribution in [1.82, 2.24) is 15.2 Å². The van der Waals surface area contributed by atoms with Crippen LogP contribution >= 0.6 is 11.6 Å². The summed E-state index contributed by atoms with van der Waals surface area (Å²) < 4.78 is 5.83. The first-order valence-corrected chi connectivity index (χ1v) is 13.1. The van der Waals surface area contributed by atoms with Crippen molar-refractivity contribution in [2.45, 2.75) is 66.3 Å². The lowest BCUT2D eigenvalue weighted by Gasteiger charge is -2.27. The maximum atomic E-state index is 13.3. The van der Waals surface area contributed by atoms with Crippen LogP contribution in [0.2, 0.25) is 5.02 Å². The highest BCUT2D eigenvalue weighted by Gasteiger charge is 2.20. The van der Waals surface area contributed by atoms with Gasteiger partial charge in [-0.05, 0) is 62.4 Å². The van der Waals surface area contributed by atoms with Crippen LogP contribution in [-0.4, -0.2) is 54.0 Å². The summed E-state index contributed by atoms with van der Waals surface area (Å²) in [5.74, 6) is 1.34. The molecule has 198 valence electrons. The molecule has 2 aromatic rings. The van der Waals surface area contributed by atoms with Gasteiger partial charge < -0.3 is 20.3 Å². The number of amides is 2. The fourth-order valence-electron chi connectivity index (χ4n) is 3.54. The van der Waals surface area contributed by atoms with E-state index in [0.717, 1.165) is 25.1 Å². The number of nitrogens with zero attached hydrogens (tertiary/aromatic N) is 2. The maximum absolute atomic E-state index is 13.3.